The molecular formula is C16H20N4S. The molecule has 1 aromatic heterocycles. The number of thioether (sulfide) groups is 1. The molecule has 110 valence electrons. The van der Waals surface area contributed by atoms with Crippen LogP contribution in [0.1, 0.15) is 43.1 Å². The summed E-state index contributed by atoms with van der Waals surface area (Å²) in [6.07, 6.45) is 4.54. The third-order valence-electron chi connectivity index (χ3n) is 3.62. The van der Waals surface area contributed by atoms with Gasteiger partial charge in [-0.05, 0) is 18.9 Å². The molecule has 0 spiro atoms. The summed E-state index contributed by atoms with van der Waals surface area (Å²) in [5.74, 6) is 1.84. The average molecular weight is 300 g/mol. The lowest BCUT2D eigenvalue weighted by atomic mass is 10.1. The SMILES string of the molecule is CCCCCc1nnc2n1N=C(c1ccc(C)cc1)CS2. The predicted octanol–water partition coefficient (Wildman–Crippen LogP) is 3.68. The lowest BCUT2D eigenvalue weighted by Gasteiger charge is -2.14. The number of rotatable bonds is 5. The molecule has 0 unspecified atom stereocenters. The van der Waals surface area contributed by atoms with Gasteiger partial charge in [0.1, 0.15) is 0 Å². The number of unbranched alkanes of at least 4 members (excludes halogenated alkanes) is 2. The van der Waals surface area contributed by atoms with Crippen molar-refractivity contribution < 1.29 is 0 Å². The third-order valence-corrected chi connectivity index (χ3v) is 4.55. The monoisotopic (exact) mass is 300 g/mol. The molecule has 0 saturated carbocycles. The van der Waals surface area contributed by atoms with Gasteiger partial charge in [0.2, 0.25) is 5.16 Å². The molecule has 3 rings (SSSR count). The standard InChI is InChI=1S/C16H20N4S/c1-3-4-5-6-15-17-18-16-20(15)19-14(11-21-16)13-9-7-12(2)8-10-13/h7-10H,3-6,11H2,1-2H3. The molecule has 0 bridgehead atoms. The molecular weight excluding hydrogens is 280 g/mol. The molecule has 5 heteroatoms. The zero-order valence-electron chi connectivity index (χ0n) is 12.5. The van der Waals surface area contributed by atoms with Gasteiger partial charge in [0.25, 0.3) is 0 Å². The van der Waals surface area contributed by atoms with Gasteiger partial charge in [-0.1, -0.05) is 61.4 Å². The van der Waals surface area contributed by atoms with Crippen molar-refractivity contribution in [2.24, 2.45) is 5.10 Å². The van der Waals surface area contributed by atoms with Crippen LogP contribution in [0.25, 0.3) is 0 Å². The van der Waals surface area contributed by atoms with Crippen molar-refractivity contribution in [3.05, 3.63) is 41.2 Å². The predicted molar refractivity (Wildman–Crippen MR) is 87.1 cm³/mol. The van der Waals surface area contributed by atoms with Gasteiger partial charge in [-0.25, -0.2) is 0 Å². The molecule has 1 aromatic carbocycles. The molecule has 0 radical (unpaired) electrons. The molecule has 0 N–H and O–H groups in total. The van der Waals surface area contributed by atoms with E-state index in [-0.39, 0.29) is 0 Å². The number of benzene rings is 1. The fourth-order valence-corrected chi connectivity index (χ4v) is 3.20. The van der Waals surface area contributed by atoms with Crippen LogP contribution in [-0.4, -0.2) is 26.3 Å². The molecule has 0 fully saturated rings. The summed E-state index contributed by atoms with van der Waals surface area (Å²) in [4.78, 5) is 0. The Kier molecular flexibility index (Phi) is 4.39. The Bertz CT molecular complexity index is 643. The van der Waals surface area contributed by atoms with E-state index >= 15 is 0 Å². The van der Waals surface area contributed by atoms with Gasteiger partial charge in [-0.3, -0.25) is 0 Å². The highest BCUT2D eigenvalue weighted by molar-refractivity contribution is 7.99. The van der Waals surface area contributed by atoms with E-state index in [4.69, 9.17) is 5.10 Å². The van der Waals surface area contributed by atoms with Gasteiger partial charge in [0, 0.05) is 12.2 Å². The minimum atomic E-state index is 0.857. The lowest BCUT2D eigenvalue weighted by molar-refractivity contribution is 0.647. The molecule has 1 aliphatic rings. The number of fused-ring (bicyclic) bond motifs is 1. The van der Waals surface area contributed by atoms with E-state index in [0.717, 1.165) is 35.3 Å². The van der Waals surface area contributed by atoms with Gasteiger partial charge in [-0.15, -0.1) is 10.2 Å². The lowest BCUT2D eigenvalue weighted by Crippen LogP contribution is -2.14. The first-order chi connectivity index (χ1) is 10.3. The van der Waals surface area contributed by atoms with Gasteiger partial charge >= 0.3 is 0 Å². The fraction of sp³-hybridized carbons (Fsp3) is 0.438. The van der Waals surface area contributed by atoms with Crippen molar-refractivity contribution in [3.63, 3.8) is 0 Å². The summed E-state index contributed by atoms with van der Waals surface area (Å²) in [5, 5.41) is 14.2. The van der Waals surface area contributed by atoms with E-state index in [1.54, 1.807) is 11.8 Å². The van der Waals surface area contributed by atoms with Crippen LogP contribution in [0.15, 0.2) is 34.5 Å². The van der Waals surface area contributed by atoms with Crippen LogP contribution in [-0.2, 0) is 6.42 Å². The van der Waals surface area contributed by atoms with Gasteiger partial charge in [-0.2, -0.15) is 9.78 Å². The molecule has 0 amide bonds. The summed E-state index contributed by atoms with van der Waals surface area (Å²) < 4.78 is 1.93. The maximum absolute atomic E-state index is 4.77. The van der Waals surface area contributed by atoms with E-state index in [9.17, 15) is 0 Å². The highest BCUT2D eigenvalue weighted by Crippen LogP contribution is 2.24. The Hall–Kier alpha value is -1.62. The number of aryl methyl sites for hydroxylation is 2. The molecule has 4 nitrogen and oxygen atoms in total. The van der Waals surface area contributed by atoms with Crippen molar-refractivity contribution in [2.45, 2.75) is 44.7 Å². The zero-order chi connectivity index (χ0) is 14.7. The molecule has 2 aromatic rings. The number of hydrogen-bond acceptors (Lipinski definition) is 4. The molecule has 21 heavy (non-hydrogen) atoms. The highest BCUT2D eigenvalue weighted by Gasteiger charge is 2.19. The van der Waals surface area contributed by atoms with Gasteiger partial charge < -0.3 is 0 Å². The summed E-state index contributed by atoms with van der Waals surface area (Å²) in [7, 11) is 0. The molecule has 0 saturated heterocycles. The maximum Gasteiger partial charge on any atom is 0.212 e. The first-order valence-corrected chi connectivity index (χ1v) is 8.48. The second-order valence-corrected chi connectivity index (χ2v) is 6.31. The third kappa shape index (κ3) is 3.18. The second-order valence-electron chi connectivity index (χ2n) is 5.37. The molecule has 2 heterocycles. The Labute approximate surface area is 129 Å². The van der Waals surface area contributed by atoms with E-state index in [2.05, 4.69) is 48.3 Å². The van der Waals surface area contributed by atoms with Crippen molar-refractivity contribution >= 4 is 17.5 Å². The second kappa shape index (κ2) is 6.43. The zero-order valence-corrected chi connectivity index (χ0v) is 13.4. The molecule has 1 aliphatic heterocycles. The maximum atomic E-state index is 4.77. The van der Waals surface area contributed by atoms with E-state index in [1.807, 2.05) is 4.68 Å². The van der Waals surface area contributed by atoms with E-state index in [0.29, 0.717) is 0 Å². The Morgan fingerprint density at radius 1 is 1.14 bits per heavy atom. The first kappa shape index (κ1) is 14.3. The Balaban J connectivity index is 1.85. The minimum Gasteiger partial charge on any atom is -0.191 e. The van der Waals surface area contributed by atoms with Gasteiger partial charge in [0.15, 0.2) is 5.82 Å². The summed E-state index contributed by atoms with van der Waals surface area (Å²) in [6, 6.07) is 8.54. The van der Waals surface area contributed by atoms with Crippen molar-refractivity contribution in [2.75, 3.05) is 5.75 Å². The topological polar surface area (TPSA) is 43.1 Å². The number of hydrogen-bond donors (Lipinski definition) is 0. The average Bonchev–Trinajstić information content (AvgIpc) is 2.91. The Morgan fingerprint density at radius 3 is 2.71 bits per heavy atom. The number of nitrogens with zero attached hydrogens (tertiary/aromatic N) is 4. The van der Waals surface area contributed by atoms with Crippen LogP contribution in [0.2, 0.25) is 0 Å². The van der Waals surface area contributed by atoms with Crippen LogP contribution >= 0.6 is 11.8 Å². The number of aromatic nitrogens is 3. The summed E-state index contributed by atoms with van der Waals surface area (Å²) in [6.45, 7) is 4.31. The van der Waals surface area contributed by atoms with Crippen molar-refractivity contribution in [1.29, 1.82) is 0 Å². The van der Waals surface area contributed by atoms with Crippen LogP contribution in [0.3, 0.4) is 0 Å². The van der Waals surface area contributed by atoms with Crippen LogP contribution < -0.4 is 0 Å². The van der Waals surface area contributed by atoms with Crippen LogP contribution in [0.4, 0.5) is 0 Å². The smallest absolute Gasteiger partial charge is 0.191 e. The molecule has 0 aliphatic carbocycles. The van der Waals surface area contributed by atoms with Gasteiger partial charge in [0.05, 0.1) is 5.71 Å². The minimum absolute atomic E-state index is 0.857. The summed E-state index contributed by atoms with van der Waals surface area (Å²) >= 11 is 1.71. The highest BCUT2D eigenvalue weighted by atomic mass is 32.2. The van der Waals surface area contributed by atoms with Crippen molar-refractivity contribution in [3.8, 4) is 0 Å². The fourth-order valence-electron chi connectivity index (χ4n) is 2.34. The van der Waals surface area contributed by atoms with Crippen molar-refractivity contribution in [1.82, 2.24) is 14.9 Å². The first-order valence-electron chi connectivity index (χ1n) is 7.50. The van der Waals surface area contributed by atoms with E-state index in [1.165, 1.54) is 24.0 Å². The van der Waals surface area contributed by atoms with Crippen LogP contribution in [0, 0.1) is 6.92 Å². The quantitative estimate of drug-likeness (QED) is 0.791. The largest absolute Gasteiger partial charge is 0.212 e. The normalized spacial score (nSPS) is 13.9. The molecule has 0 atom stereocenters. The van der Waals surface area contributed by atoms with E-state index < -0.39 is 0 Å². The summed E-state index contributed by atoms with van der Waals surface area (Å²) in [5.41, 5.74) is 3.56. The Morgan fingerprint density at radius 2 is 1.95 bits per heavy atom. The van der Waals surface area contributed by atoms with Crippen LogP contribution in [0.5, 0.6) is 0 Å².